The van der Waals surface area contributed by atoms with Crippen LogP contribution in [0.1, 0.15) is 33.4 Å². The van der Waals surface area contributed by atoms with E-state index in [-0.39, 0.29) is 0 Å². The Hall–Kier alpha value is -1.55. The highest BCUT2D eigenvalue weighted by molar-refractivity contribution is 5.93. The van der Waals surface area contributed by atoms with E-state index in [0.717, 1.165) is 11.4 Å². The van der Waals surface area contributed by atoms with Crippen LogP contribution < -0.4 is 0 Å². The normalized spacial score (nSPS) is 12.3. The van der Waals surface area contributed by atoms with Gasteiger partial charge in [-0.3, -0.25) is 0 Å². The third kappa shape index (κ3) is 1.76. The van der Waals surface area contributed by atoms with Gasteiger partial charge >= 0.3 is 5.97 Å². The number of ether oxygens (including phenoxy) is 1. The third-order valence-corrected chi connectivity index (χ3v) is 2.94. The van der Waals surface area contributed by atoms with Gasteiger partial charge in [-0.05, 0) is 13.8 Å². The van der Waals surface area contributed by atoms with Crippen molar-refractivity contribution in [3.63, 3.8) is 0 Å². The van der Waals surface area contributed by atoms with Crippen molar-refractivity contribution in [3.8, 4) is 0 Å². The Bertz CT molecular complexity index is 432. The van der Waals surface area contributed by atoms with E-state index < -0.39 is 12.1 Å². The van der Waals surface area contributed by atoms with E-state index in [1.807, 2.05) is 25.5 Å². The Morgan fingerprint density at radius 3 is 2.50 bits per heavy atom. The zero-order valence-corrected chi connectivity index (χ0v) is 10.1. The Kier molecular flexibility index (Phi) is 3.55. The maximum absolute atomic E-state index is 11.7. The van der Waals surface area contributed by atoms with E-state index in [4.69, 9.17) is 4.74 Å². The van der Waals surface area contributed by atoms with Gasteiger partial charge in [-0.1, -0.05) is 6.08 Å². The summed E-state index contributed by atoms with van der Waals surface area (Å²) in [6.45, 7) is 7.20. The van der Waals surface area contributed by atoms with Crippen LogP contribution in [-0.4, -0.2) is 22.8 Å². The van der Waals surface area contributed by atoms with Crippen molar-refractivity contribution in [3.05, 3.63) is 35.2 Å². The van der Waals surface area contributed by atoms with Crippen molar-refractivity contribution in [1.82, 2.24) is 4.57 Å². The van der Waals surface area contributed by atoms with Crippen LogP contribution in [0.25, 0.3) is 0 Å². The van der Waals surface area contributed by atoms with Gasteiger partial charge in [0.2, 0.25) is 0 Å². The Labute approximate surface area is 95.1 Å². The lowest BCUT2D eigenvalue weighted by Gasteiger charge is -2.08. The van der Waals surface area contributed by atoms with Crippen LogP contribution in [0.15, 0.2) is 12.7 Å². The molecule has 0 fully saturated rings. The van der Waals surface area contributed by atoms with Gasteiger partial charge in [-0.15, -0.1) is 6.58 Å². The standard InChI is InChI=1S/C12H17NO3/c1-6-9(14)10-7(2)13(4)8(3)11(10)12(15)16-5/h6,9,14H,1H2,2-5H3. The van der Waals surface area contributed by atoms with Crippen LogP contribution in [0.3, 0.4) is 0 Å². The Balaban J connectivity index is 3.50. The molecule has 0 amide bonds. The summed E-state index contributed by atoms with van der Waals surface area (Å²) in [6, 6.07) is 0. The number of carbonyl (C=O) groups is 1. The summed E-state index contributed by atoms with van der Waals surface area (Å²) in [7, 11) is 3.17. The first-order valence-corrected chi connectivity index (χ1v) is 5.00. The lowest BCUT2D eigenvalue weighted by molar-refractivity contribution is 0.0595. The molecule has 1 unspecified atom stereocenters. The maximum atomic E-state index is 11.7. The molecule has 0 spiro atoms. The molecule has 0 saturated heterocycles. The van der Waals surface area contributed by atoms with Gasteiger partial charge in [0.25, 0.3) is 0 Å². The fourth-order valence-electron chi connectivity index (χ4n) is 1.82. The molecule has 0 radical (unpaired) electrons. The Morgan fingerprint density at radius 1 is 1.50 bits per heavy atom. The van der Waals surface area contributed by atoms with E-state index in [1.165, 1.54) is 13.2 Å². The number of rotatable bonds is 3. The van der Waals surface area contributed by atoms with Crippen molar-refractivity contribution in [2.75, 3.05) is 7.11 Å². The first-order valence-electron chi connectivity index (χ1n) is 5.00. The minimum absolute atomic E-state index is 0.426. The van der Waals surface area contributed by atoms with Gasteiger partial charge < -0.3 is 14.4 Å². The van der Waals surface area contributed by atoms with E-state index in [0.29, 0.717) is 11.1 Å². The number of esters is 1. The van der Waals surface area contributed by atoms with Crippen LogP contribution in [0, 0.1) is 13.8 Å². The maximum Gasteiger partial charge on any atom is 0.340 e. The minimum atomic E-state index is -0.853. The molecule has 0 saturated carbocycles. The molecule has 16 heavy (non-hydrogen) atoms. The van der Waals surface area contributed by atoms with Gasteiger partial charge in [0.05, 0.1) is 18.8 Å². The zero-order chi connectivity index (χ0) is 12.5. The first kappa shape index (κ1) is 12.5. The van der Waals surface area contributed by atoms with E-state index >= 15 is 0 Å². The molecular formula is C12H17NO3. The topological polar surface area (TPSA) is 51.5 Å². The molecule has 88 valence electrons. The highest BCUT2D eigenvalue weighted by Crippen LogP contribution is 2.28. The molecule has 0 aromatic carbocycles. The lowest BCUT2D eigenvalue weighted by Crippen LogP contribution is -2.08. The average Bonchev–Trinajstić information content (AvgIpc) is 2.51. The summed E-state index contributed by atoms with van der Waals surface area (Å²) >= 11 is 0. The SMILES string of the molecule is C=CC(O)c1c(C(=O)OC)c(C)n(C)c1C. The van der Waals surface area contributed by atoms with Gasteiger partial charge in [-0.2, -0.15) is 0 Å². The number of aliphatic hydroxyl groups excluding tert-OH is 1. The summed E-state index contributed by atoms with van der Waals surface area (Å²) in [6.07, 6.45) is 0.544. The third-order valence-electron chi connectivity index (χ3n) is 2.94. The van der Waals surface area contributed by atoms with Gasteiger partial charge in [0.15, 0.2) is 0 Å². The number of aliphatic hydroxyl groups is 1. The van der Waals surface area contributed by atoms with Crippen molar-refractivity contribution >= 4 is 5.97 Å². The van der Waals surface area contributed by atoms with Crippen molar-refractivity contribution in [2.45, 2.75) is 20.0 Å². The molecule has 1 N–H and O–H groups in total. The summed E-state index contributed by atoms with van der Waals surface area (Å²) in [4.78, 5) is 11.7. The number of aromatic nitrogens is 1. The molecule has 1 aromatic heterocycles. The van der Waals surface area contributed by atoms with Gasteiger partial charge in [0, 0.05) is 24.0 Å². The molecule has 1 heterocycles. The average molecular weight is 223 g/mol. The van der Waals surface area contributed by atoms with Crippen molar-refractivity contribution < 1.29 is 14.6 Å². The van der Waals surface area contributed by atoms with Gasteiger partial charge in [-0.25, -0.2) is 4.79 Å². The quantitative estimate of drug-likeness (QED) is 0.626. The second kappa shape index (κ2) is 4.53. The second-order valence-corrected chi connectivity index (χ2v) is 3.69. The smallest absolute Gasteiger partial charge is 0.340 e. The van der Waals surface area contributed by atoms with E-state index in [1.54, 1.807) is 0 Å². The van der Waals surface area contributed by atoms with Crippen LogP contribution in [0.4, 0.5) is 0 Å². The lowest BCUT2D eigenvalue weighted by atomic mass is 10.0. The van der Waals surface area contributed by atoms with Crippen LogP contribution in [0.2, 0.25) is 0 Å². The second-order valence-electron chi connectivity index (χ2n) is 3.69. The summed E-state index contributed by atoms with van der Waals surface area (Å²) in [5.74, 6) is -0.433. The fourth-order valence-corrected chi connectivity index (χ4v) is 1.82. The van der Waals surface area contributed by atoms with Crippen molar-refractivity contribution in [2.24, 2.45) is 7.05 Å². The monoisotopic (exact) mass is 223 g/mol. The molecule has 0 aliphatic heterocycles. The highest BCUT2D eigenvalue weighted by Gasteiger charge is 2.25. The largest absolute Gasteiger partial charge is 0.465 e. The van der Waals surface area contributed by atoms with Crippen LogP contribution >= 0.6 is 0 Å². The highest BCUT2D eigenvalue weighted by atomic mass is 16.5. The summed E-state index contributed by atoms with van der Waals surface area (Å²) in [5.41, 5.74) is 2.61. The predicted octanol–water partition coefficient (Wildman–Crippen LogP) is 1.65. The van der Waals surface area contributed by atoms with E-state index in [2.05, 4.69) is 6.58 Å². The molecule has 1 aromatic rings. The van der Waals surface area contributed by atoms with Gasteiger partial charge in [0.1, 0.15) is 0 Å². The minimum Gasteiger partial charge on any atom is -0.465 e. The van der Waals surface area contributed by atoms with Crippen LogP contribution in [-0.2, 0) is 11.8 Å². The number of nitrogens with zero attached hydrogens (tertiary/aromatic N) is 1. The molecule has 0 bridgehead atoms. The molecule has 1 atom stereocenters. The first-order chi connectivity index (χ1) is 7.45. The summed E-state index contributed by atoms with van der Waals surface area (Å²) in [5, 5.41) is 9.83. The number of methoxy groups -OCH3 is 1. The van der Waals surface area contributed by atoms with Crippen LogP contribution in [0.5, 0.6) is 0 Å². The number of hydrogen-bond acceptors (Lipinski definition) is 3. The molecule has 0 aliphatic carbocycles. The molecule has 0 aliphatic rings. The number of hydrogen-bond donors (Lipinski definition) is 1. The molecule has 1 rings (SSSR count). The molecule has 4 nitrogen and oxygen atoms in total. The Morgan fingerprint density at radius 2 is 2.06 bits per heavy atom. The molecular weight excluding hydrogens is 206 g/mol. The number of carbonyl (C=O) groups excluding carboxylic acids is 1. The molecule has 4 heteroatoms. The fraction of sp³-hybridized carbons (Fsp3) is 0.417. The van der Waals surface area contributed by atoms with E-state index in [9.17, 15) is 9.90 Å². The zero-order valence-electron chi connectivity index (χ0n) is 10.1. The van der Waals surface area contributed by atoms with Crippen molar-refractivity contribution in [1.29, 1.82) is 0 Å². The summed E-state index contributed by atoms with van der Waals surface area (Å²) < 4.78 is 6.58. The predicted molar refractivity (Wildman–Crippen MR) is 61.4 cm³/mol.